The summed E-state index contributed by atoms with van der Waals surface area (Å²) in [4.78, 5) is 16.5. The zero-order chi connectivity index (χ0) is 18.6. The van der Waals surface area contributed by atoms with Crippen LogP contribution in [0.1, 0.15) is 23.9 Å². The largest absolute Gasteiger partial charge is 0.495 e. The average molecular weight is 405 g/mol. The Bertz CT molecular complexity index is 935. The van der Waals surface area contributed by atoms with E-state index in [2.05, 4.69) is 31.0 Å². The van der Waals surface area contributed by atoms with Crippen molar-refractivity contribution < 1.29 is 14.1 Å². The Balaban J connectivity index is 0.00000225. The second-order valence-corrected chi connectivity index (χ2v) is 6.34. The van der Waals surface area contributed by atoms with Crippen LogP contribution in [0.5, 0.6) is 5.75 Å². The molecule has 1 amide bonds. The first-order chi connectivity index (χ1) is 13.2. The first-order valence-corrected chi connectivity index (χ1v) is 8.75. The van der Waals surface area contributed by atoms with Crippen LogP contribution in [0.2, 0.25) is 0 Å². The molecule has 0 spiro atoms. The molecule has 1 saturated heterocycles. The third-order valence-corrected chi connectivity index (χ3v) is 4.48. The highest BCUT2D eigenvalue weighted by Gasteiger charge is 2.21. The predicted molar refractivity (Wildman–Crippen MR) is 105 cm³/mol. The summed E-state index contributed by atoms with van der Waals surface area (Å²) < 4.78 is 10.5. The van der Waals surface area contributed by atoms with Gasteiger partial charge in [0.25, 0.3) is 5.89 Å². The molecule has 1 unspecified atom stereocenters. The van der Waals surface area contributed by atoms with Gasteiger partial charge in [0.2, 0.25) is 5.91 Å². The second kappa shape index (κ2) is 8.85. The van der Waals surface area contributed by atoms with Crippen molar-refractivity contribution >= 4 is 24.0 Å². The number of carbonyl (C=O) groups excluding carboxylic acids is 1. The van der Waals surface area contributed by atoms with Crippen molar-refractivity contribution in [3.05, 3.63) is 41.9 Å². The number of aromatic nitrogens is 4. The van der Waals surface area contributed by atoms with E-state index in [1.54, 1.807) is 19.2 Å². The zero-order valence-corrected chi connectivity index (χ0v) is 16.1. The van der Waals surface area contributed by atoms with Gasteiger partial charge in [0, 0.05) is 18.2 Å². The highest BCUT2D eigenvalue weighted by molar-refractivity contribution is 5.93. The Hall–Kier alpha value is -2.91. The van der Waals surface area contributed by atoms with Gasteiger partial charge in [-0.1, -0.05) is 17.3 Å². The Kier molecular flexibility index (Phi) is 6.27. The van der Waals surface area contributed by atoms with Gasteiger partial charge in [0.1, 0.15) is 5.75 Å². The fourth-order valence-corrected chi connectivity index (χ4v) is 3.09. The molecule has 1 aromatic carbocycles. The highest BCUT2D eigenvalue weighted by Crippen LogP contribution is 2.25. The number of benzene rings is 1. The van der Waals surface area contributed by atoms with E-state index in [9.17, 15) is 4.79 Å². The summed E-state index contributed by atoms with van der Waals surface area (Å²) in [6.07, 6.45) is 1.06. The van der Waals surface area contributed by atoms with E-state index >= 15 is 0 Å². The molecule has 1 aliphatic heterocycles. The number of halogens is 1. The van der Waals surface area contributed by atoms with Crippen LogP contribution in [0.3, 0.4) is 0 Å². The molecule has 1 aliphatic rings. The van der Waals surface area contributed by atoms with E-state index in [-0.39, 0.29) is 24.7 Å². The maximum atomic E-state index is 12.3. The third-order valence-electron chi connectivity index (χ3n) is 4.48. The summed E-state index contributed by atoms with van der Waals surface area (Å²) in [6.45, 7) is 1.94. The molecule has 28 heavy (non-hydrogen) atoms. The molecule has 3 heterocycles. The summed E-state index contributed by atoms with van der Waals surface area (Å²) in [7, 11) is 1.55. The number of aromatic amines is 1. The first kappa shape index (κ1) is 19.8. The molecule has 0 bridgehead atoms. The average Bonchev–Trinajstić information content (AvgIpc) is 3.42. The lowest BCUT2D eigenvalue weighted by molar-refractivity contribution is -0.115. The summed E-state index contributed by atoms with van der Waals surface area (Å²) in [5, 5.41) is 17.3. The number of hydrogen-bond donors (Lipinski definition) is 3. The lowest BCUT2D eigenvalue weighted by atomic mass is 10.1. The molecule has 1 fully saturated rings. The van der Waals surface area contributed by atoms with E-state index in [4.69, 9.17) is 9.26 Å². The quantitative estimate of drug-likeness (QED) is 0.576. The molecule has 0 aliphatic carbocycles. The number of amides is 1. The van der Waals surface area contributed by atoms with Gasteiger partial charge >= 0.3 is 0 Å². The lowest BCUT2D eigenvalue weighted by Crippen LogP contribution is -2.15. The number of rotatable bonds is 6. The van der Waals surface area contributed by atoms with E-state index < -0.39 is 0 Å². The Morgan fingerprint density at radius 1 is 1.39 bits per heavy atom. The molecule has 4 rings (SSSR count). The van der Waals surface area contributed by atoms with Gasteiger partial charge in [-0.25, -0.2) is 0 Å². The third kappa shape index (κ3) is 4.32. The van der Waals surface area contributed by atoms with Gasteiger partial charge < -0.3 is 19.9 Å². The number of anilines is 1. The minimum atomic E-state index is -0.258. The van der Waals surface area contributed by atoms with Crippen LogP contribution in [0.4, 0.5) is 5.69 Å². The molecule has 9 nitrogen and oxygen atoms in total. The molecule has 148 valence electrons. The van der Waals surface area contributed by atoms with Crippen LogP contribution in [0, 0.1) is 0 Å². The minimum absolute atomic E-state index is 0. The van der Waals surface area contributed by atoms with Crippen LogP contribution in [-0.4, -0.2) is 46.4 Å². The van der Waals surface area contributed by atoms with Crippen LogP contribution in [0.15, 0.2) is 34.9 Å². The fourth-order valence-electron chi connectivity index (χ4n) is 3.09. The molecule has 2 aromatic heterocycles. The Morgan fingerprint density at radius 3 is 3.04 bits per heavy atom. The smallest absolute Gasteiger partial charge is 0.278 e. The van der Waals surface area contributed by atoms with E-state index in [0.717, 1.165) is 25.2 Å². The molecule has 1 atom stereocenters. The molecular formula is C18H21ClN6O3. The van der Waals surface area contributed by atoms with Gasteiger partial charge in [-0.2, -0.15) is 10.1 Å². The molecule has 0 saturated carbocycles. The number of para-hydroxylation sites is 2. The van der Waals surface area contributed by atoms with Gasteiger partial charge in [0.05, 0.1) is 19.2 Å². The summed E-state index contributed by atoms with van der Waals surface area (Å²) in [5.74, 6) is 1.34. The van der Waals surface area contributed by atoms with Crippen molar-refractivity contribution in [2.45, 2.75) is 18.8 Å². The summed E-state index contributed by atoms with van der Waals surface area (Å²) >= 11 is 0. The minimum Gasteiger partial charge on any atom is -0.495 e. The molecule has 3 aromatic rings. The van der Waals surface area contributed by atoms with Crippen molar-refractivity contribution in [1.82, 2.24) is 25.7 Å². The molecule has 0 radical (unpaired) electrons. The van der Waals surface area contributed by atoms with Gasteiger partial charge in [-0.15, -0.1) is 12.4 Å². The van der Waals surface area contributed by atoms with Gasteiger partial charge in [-0.05, 0) is 31.2 Å². The fraction of sp³-hybridized carbons (Fsp3) is 0.333. The van der Waals surface area contributed by atoms with Crippen molar-refractivity contribution in [3.63, 3.8) is 0 Å². The molecule has 10 heteroatoms. The number of methoxy groups -OCH3 is 1. The maximum absolute atomic E-state index is 12.3. The number of ether oxygens (including phenoxy) is 1. The Labute approximate surface area is 167 Å². The second-order valence-electron chi connectivity index (χ2n) is 6.34. The number of carbonyl (C=O) groups is 1. The van der Waals surface area contributed by atoms with Crippen molar-refractivity contribution in [2.75, 3.05) is 25.5 Å². The molecule has 3 N–H and O–H groups in total. The highest BCUT2D eigenvalue weighted by atomic mass is 35.5. The Morgan fingerprint density at radius 2 is 2.25 bits per heavy atom. The van der Waals surface area contributed by atoms with E-state index in [1.165, 1.54) is 0 Å². The molecular weight excluding hydrogens is 384 g/mol. The van der Waals surface area contributed by atoms with Gasteiger partial charge in [0.15, 0.2) is 11.5 Å². The SMILES string of the molecule is COc1ccccc1NC(=O)Cc1noc(-c2cc(C3CCNC3)[nH]n2)n1.Cl. The van der Waals surface area contributed by atoms with Crippen LogP contribution in [-0.2, 0) is 11.2 Å². The normalized spacial score (nSPS) is 15.8. The van der Waals surface area contributed by atoms with Crippen LogP contribution in [0.25, 0.3) is 11.6 Å². The zero-order valence-electron chi connectivity index (χ0n) is 15.3. The van der Waals surface area contributed by atoms with Crippen molar-refractivity contribution in [2.24, 2.45) is 0 Å². The number of nitrogens with one attached hydrogen (secondary N) is 3. The van der Waals surface area contributed by atoms with Crippen molar-refractivity contribution in [3.8, 4) is 17.3 Å². The lowest BCUT2D eigenvalue weighted by Gasteiger charge is -2.08. The number of H-pyrrole nitrogens is 1. The monoisotopic (exact) mass is 404 g/mol. The van der Waals surface area contributed by atoms with E-state index in [1.807, 2.05) is 18.2 Å². The standard InChI is InChI=1S/C18H20N6O3.ClH/c1-26-15-5-3-2-4-12(15)20-17(25)9-16-21-18(27-24-16)14-8-13(22-23-14)11-6-7-19-10-11;/h2-5,8,11,19H,6-7,9-10H2,1H3,(H,20,25)(H,22,23);1H. The first-order valence-electron chi connectivity index (χ1n) is 8.75. The maximum Gasteiger partial charge on any atom is 0.278 e. The van der Waals surface area contributed by atoms with Crippen LogP contribution < -0.4 is 15.4 Å². The number of nitrogens with zero attached hydrogens (tertiary/aromatic N) is 3. The summed E-state index contributed by atoms with van der Waals surface area (Å²) in [5.41, 5.74) is 2.22. The topological polar surface area (TPSA) is 118 Å². The predicted octanol–water partition coefficient (Wildman–Crippen LogP) is 2.15. The van der Waals surface area contributed by atoms with Crippen molar-refractivity contribution in [1.29, 1.82) is 0 Å². The van der Waals surface area contributed by atoms with Gasteiger partial charge in [-0.3, -0.25) is 9.89 Å². The van der Waals surface area contributed by atoms with E-state index in [0.29, 0.717) is 34.8 Å². The van der Waals surface area contributed by atoms with Crippen LogP contribution >= 0.6 is 12.4 Å². The number of hydrogen-bond acceptors (Lipinski definition) is 7. The summed E-state index contributed by atoms with van der Waals surface area (Å²) in [6, 6.07) is 9.11.